The average molecular weight is 390 g/mol. The van der Waals surface area contributed by atoms with Gasteiger partial charge in [0.15, 0.2) is 0 Å². The van der Waals surface area contributed by atoms with Crippen LogP contribution in [0, 0.1) is 0 Å². The van der Waals surface area contributed by atoms with Gasteiger partial charge in [0.1, 0.15) is 17.1 Å². The molecule has 0 aliphatic heterocycles. The largest absolute Gasteiger partial charge is 0.507 e. The maximum Gasteiger partial charge on any atom is 0.343 e. The first kappa shape index (κ1) is 19.4. The molecule has 1 heterocycles. The fourth-order valence-corrected chi connectivity index (χ4v) is 4.69. The summed E-state index contributed by atoms with van der Waals surface area (Å²) in [5.74, 6) is -0.263. The first-order chi connectivity index (χ1) is 14.1. The molecule has 0 bridgehead atoms. The molecule has 0 saturated heterocycles. The Morgan fingerprint density at radius 2 is 1.79 bits per heavy atom. The van der Waals surface area contributed by atoms with Gasteiger partial charge in [-0.15, -0.1) is 0 Å². The minimum absolute atomic E-state index is 0.0347. The Bertz CT molecular complexity index is 1080. The molecule has 1 atom stereocenters. The molecule has 1 aliphatic carbocycles. The molecule has 4 rings (SSSR count). The lowest BCUT2D eigenvalue weighted by molar-refractivity contribution is -0.117. The molecule has 3 aromatic rings. The van der Waals surface area contributed by atoms with Gasteiger partial charge >= 0.3 is 5.63 Å². The Labute approximate surface area is 170 Å². The van der Waals surface area contributed by atoms with Crippen molar-refractivity contribution in [1.82, 2.24) is 0 Å². The van der Waals surface area contributed by atoms with Gasteiger partial charge in [0.25, 0.3) is 0 Å². The Morgan fingerprint density at radius 1 is 1.07 bits per heavy atom. The van der Waals surface area contributed by atoms with Crippen LogP contribution in [0.4, 0.5) is 0 Å². The van der Waals surface area contributed by atoms with Crippen LogP contribution in [-0.4, -0.2) is 10.9 Å². The van der Waals surface area contributed by atoms with Gasteiger partial charge in [-0.25, -0.2) is 4.79 Å². The van der Waals surface area contributed by atoms with Crippen LogP contribution in [0.3, 0.4) is 0 Å². The fourth-order valence-electron chi connectivity index (χ4n) is 4.69. The summed E-state index contributed by atoms with van der Waals surface area (Å²) in [6.45, 7) is 1.50. The second-order valence-corrected chi connectivity index (χ2v) is 8.08. The van der Waals surface area contributed by atoms with Crippen LogP contribution in [0.2, 0.25) is 0 Å². The Morgan fingerprint density at radius 3 is 2.48 bits per heavy atom. The van der Waals surface area contributed by atoms with Crippen molar-refractivity contribution in [3.63, 3.8) is 0 Å². The number of carbonyl (C=O) groups excluding carboxylic acids is 1. The van der Waals surface area contributed by atoms with Gasteiger partial charge < -0.3 is 9.52 Å². The number of Topliss-reactive ketones (excluding diaryl/α,β-unsaturated/α-hetero) is 1. The molecule has 0 amide bonds. The number of aromatic hydroxyl groups is 1. The quantitative estimate of drug-likeness (QED) is 0.571. The molecule has 1 unspecified atom stereocenters. The highest BCUT2D eigenvalue weighted by Gasteiger charge is 2.28. The number of rotatable bonds is 5. The summed E-state index contributed by atoms with van der Waals surface area (Å²) in [5.41, 5.74) is 1.88. The summed E-state index contributed by atoms with van der Waals surface area (Å²) in [6.07, 6.45) is 5.86. The van der Waals surface area contributed by atoms with E-state index in [1.807, 2.05) is 42.5 Å². The van der Waals surface area contributed by atoms with Crippen LogP contribution >= 0.6 is 0 Å². The van der Waals surface area contributed by atoms with E-state index in [9.17, 15) is 14.7 Å². The SMILES string of the molecule is CC(=O)CC(c1ccccc1)c1c(O)c2c(C3CCCCC3)cccc2oc1=O. The first-order valence-electron chi connectivity index (χ1n) is 10.4. The van der Waals surface area contributed by atoms with Gasteiger partial charge in [-0.1, -0.05) is 61.7 Å². The van der Waals surface area contributed by atoms with Crippen molar-refractivity contribution in [2.24, 2.45) is 0 Å². The molecule has 1 aliphatic rings. The number of ketones is 1. The van der Waals surface area contributed by atoms with Gasteiger partial charge in [-0.3, -0.25) is 4.79 Å². The minimum Gasteiger partial charge on any atom is -0.507 e. The molecular weight excluding hydrogens is 364 g/mol. The number of hydrogen-bond donors (Lipinski definition) is 1. The van der Waals surface area contributed by atoms with Gasteiger partial charge in [0.2, 0.25) is 0 Å². The summed E-state index contributed by atoms with van der Waals surface area (Å²) in [6, 6.07) is 15.0. The van der Waals surface area contributed by atoms with Crippen molar-refractivity contribution in [2.45, 2.75) is 57.3 Å². The molecular formula is C25H26O4. The minimum atomic E-state index is -0.578. The van der Waals surface area contributed by atoms with Crippen LogP contribution in [0.25, 0.3) is 11.0 Å². The standard InChI is InChI=1S/C25H26O4/c1-16(26)15-20(18-11-6-3-7-12-18)23-24(27)22-19(17-9-4-2-5-10-17)13-8-14-21(22)29-25(23)28/h3,6-8,11-14,17,20,27H,2,4-5,9-10,15H2,1H3. The summed E-state index contributed by atoms with van der Waals surface area (Å²) in [4.78, 5) is 24.9. The lowest BCUT2D eigenvalue weighted by Gasteiger charge is -2.24. The molecule has 1 saturated carbocycles. The molecule has 1 N–H and O–H groups in total. The monoisotopic (exact) mass is 390 g/mol. The van der Waals surface area contributed by atoms with E-state index in [1.165, 1.54) is 26.2 Å². The zero-order valence-electron chi connectivity index (χ0n) is 16.7. The molecule has 0 radical (unpaired) electrons. The Hall–Kier alpha value is -2.88. The number of hydrogen-bond acceptors (Lipinski definition) is 4. The third-order valence-electron chi connectivity index (χ3n) is 6.06. The van der Waals surface area contributed by atoms with Gasteiger partial charge in [0.05, 0.1) is 10.9 Å². The molecule has 4 nitrogen and oxygen atoms in total. The molecule has 29 heavy (non-hydrogen) atoms. The molecule has 0 spiro atoms. The second-order valence-electron chi connectivity index (χ2n) is 8.08. The van der Waals surface area contributed by atoms with E-state index in [0.717, 1.165) is 24.0 Å². The van der Waals surface area contributed by atoms with Crippen molar-refractivity contribution < 1.29 is 14.3 Å². The molecule has 1 aromatic heterocycles. The van der Waals surface area contributed by atoms with Crippen molar-refractivity contribution in [2.75, 3.05) is 0 Å². The zero-order valence-corrected chi connectivity index (χ0v) is 16.7. The lowest BCUT2D eigenvalue weighted by atomic mass is 9.81. The van der Waals surface area contributed by atoms with E-state index in [2.05, 4.69) is 0 Å². The highest BCUT2D eigenvalue weighted by atomic mass is 16.4. The second kappa shape index (κ2) is 8.24. The molecule has 2 aromatic carbocycles. The van der Waals surface area contributed by atoms with E-state index >= 15 is 0 Å². The molecule has 1 fully saturated rings. The third kappa shape index (κ3) is 3.84. The predicted molar refractivity (Wildman–Crippen MR) is 114 cm³/mol. The van der Waals surface area contributed by atoms with Crippen molar-refractivity contribution in [3.05, 3.63) is 75.6 Å². The predicted octanol–water partition coefficient (Wildman–Crippen LogP) is 5.66. The Balaban J connectivity index is 1.94. The highest BCUT2D eigenvalue weighted by Crippen LogP contribution is 2.42. The van der Waals surface area contributed by atoms with Crippen molar-refractivity contribution in [3.8, 4) is 5.75 Å². The van der Waals surface area contributed by atoms with Gasteiger partial charge in [0, 0.05) is 12.3 Å². The number of carbonyl (C=O) groups is 1. The van der Waals surface area contributed by atoms with E-state index < -0.39 is 11.5 Å². The first-order valence-corrected chi connectivity index (χ1v) is 10.4. The van der Waals surface area contributed by atoms with Crippen LogP contribution in [0.5, 0.6) is 5.75 Å². The highest BCUT2D eigenvalue weighted by molar-refractivity contribution is 5.89. The normalized spacial score (nSPS) is 16.0. The van der Waals surface area contributed by atoms with E-state index in [-0.39, 0.29) is 23.5 Å². The van der Waals surface area contributed by atoms with Gasteiger partial charge in [-0.2, -0.15) is 0 Å². The van der Waals surface area contributed by atoms with Crippen LogP contribution in [0.1, 0.15) is 74.0 Å². The van der Waals surface area contributed by atoms with Crippen molar-refractivity contribution >= 4 is 16.8 Å². The fraction of sp³-hybridized carbons (Fsp3) is 0.360. The maximum atomic E-state index is 12.9. The van der Waals surface area contributed by atoms with Crippen LogP contribution in [0.15, 0.2) is 57.7 Å². The molecule has 150 valence electrons. The average Bonchev–Trinajstić information content (AvgIpc) is 2.73. The number of fused-ring (bicyclic) bond motifs is 1. The van der Waals surface area contributed by atoms with E-state index in [4.69, 9.17) is 4.42 Å². The maximum absolute atomic E-state index is 12.9. The summed E-state index contributed by atoms with van der Waals surface area (Å²) in [7, 11) is 0. The summed E-state index contributed by atoms with van der Waals surface area (Å²) >= 11 is 0. The smallest absolute Gasteiger partial charge is 0.343 e. The summed E-state index contributed by atoms with van der Waals surface area (Å²) < 4.78 is 5.66. The lowest BCUT2D eigenvalue weighted by Crippen LogP contribution is -2.17. The van der Waals surface area contributed by atoms with E-state index in [1.54, 1.807) is 6.07 Å². The van der Waals surface area contributed by atoms with E-state index in [0.29, 0.717) is 16.9 Å². The Kier molecular flexibility index (Phi) is 5.52. The number of benzene rings is 2. The third-order valence-corrected chi connectivity index (χ3v) is 6.06. The van der Waals surface area contributed by atoms with Crippen LogP contribution < -0.4 is 5.63 Å². The van der Waals surface area contributed by atoms with Crippen molar-refractivity contribution in [1.29, 1.82) is 0 Å². The summed E-state index contributed by atoms with van der Waals surface area (Å²) in [5, 5.41) is 11.9. The topological polar surface area (TPSA) is 67.5 Å². The zero-order chi connectivity index (χ0) is 20.4. The van der Waals surface area contributed by atoms with Crippen LogP contribution in [-0.2, 0) is 4.79 Å². The molecule has 4 heteroatoms. The van der Waals surface area contributed by atoms with Gasteiger partial charge in [-0.05, 0) is 42.9 Å².